The number of carbonyl (C=O) groups excluding carboxylic acids is 3. The van der Waals surface area contributed by atoms with Crippen molar-refractivity contribution in [2.45, 2.75) is 13.8 Å². The van der Waals surface area contributed by atoms with Crippen LogP contribution in [-0.2, 0) is 4.79 Å². The van der Waals surface area contributed by atoms with E-state index in [1.54, 1.807) is 48.5 Å². The van der Waals surface area contributed by atoms with Crippen LogP contribution in [0.15, 0.2) is 54.6 Å². The summed E-state index contributed by atoms with van der Waals surface area (Å²) in [7, 11) is 0. The number of benzene rings is 2. The largest absolute Gasteiger partial charge is 0.355 e. The minimum absolute atomic E-state index is 0.0235. The van der Waals surface area contributed by atoms with Crippen LogP contribution >= 0.6 is 0 Å². The Morgan fingerprint density at radius 2 is 1.54 bits per heavy atom. The van der Waals surface area contributed by atoms with Crippen LogP contribution < -0.4 is 10.6 Å². The lowest BCUT2D eigenvalue weighted by Gasteiger charge is -2.20. The molecule has 2 aromatic carbocycles. The minimum atomic E-state index is -0.223. The van der Waals surface area contributed by atoms with Crippen LogP contribution in [0.5, 0.6) is 0 Å². The maximum absolute atomic E-state index is 12.5. The van der Waals surface area contributed by atoms with Gasteiger partial charge in [0.1, 0.15) is 0 Å². The van der Waals surface area contributed by atoms with Crippen LogP contribution in [0.3, 0.4) is 0 Å². The van der Waals surface area contributed by atoms with Crippen molar-refractivity contribution in [3.05, 3.63) is 65.7 Å². The summed E-state index contributed by atoms with van der Waals surface area (Å²) in [6.07, 6.45) is 0. The number of nitrogens with zero attached hydrogens (tertiary/aromatic N) is 1. The second-order valence-corrected chi connectivity index (χ2v) is 5.67. The highest BCUT2D eigenvalue weighted by molar-refractivity contribution is 6.04. The number of anilines is 1. The molecule has 0 saturated carbocycles. The number of nitrogens with one attached hydrogen (secondary N) is 2. The van der Waals surface area contributed by atoms with Crippen LogP contribution in [0.25, 0.3) is 0 Å². The standard InChI is InChI=1S/C20H23N3O3/c1-3-21-18(24)14-23(4-2)20(26)16-10-12-17(13-11-16)22-19(25)15-8-6-5-7-9-15/h5-13H,3-4,14H2,1-2H3,(H,21,24)(H,22,25). The molecule has 2 aromatic rings. The molecular formula is C20H23N3O3. The average molecular weight is 353 g/mol. The van der Waals surface area contributed by atoms with E-state index in [2.05, 4.69) is 10.6 Å². The van der Waals surface area contributed by atoms with Gasteiger partial charge in [-0.1, -0.05) is 18.2 Å². The third-order valence-electron chi connectivity index (χ3n) is 3.80. The molecule has 0 saturated heterocycles. The van der Waals surface area contributed by atoms with E-state index in [0.717, 1.165) is 0 Å². The molecule has 136 valence electrons. The van der Waals surface area contributed by atoms with Crippen molar-refractivity contribution < 1.29 is 14.4 Å². The zero-order valence-electron chi connectivity index (χ0n) is 15.0. The molecule has 3 amide bonds. The highest BCUT2D eigenvalue weighted by Gasteiger charge is 2.17. The fraction of sp³-hybridized carbons (Fsp3) is 0.250. The predicted octanol–water partition coefficient (Wildman–Crippen LogP) is 2.54. The lowest BCUT2D eigenvalue weighted by Crippen LogP contribution is -2.40. The molecule has 0 aliphatic rings. The van der Waals surface area contributed by atoms with E-state index in [1.165, 1.54) is 4.90 Å². The van der Waals surface area contributed by atoms with Gasteiger partial charge in [0.25, 0.3) is 11.8 Å². The molecule has 0 spiro atoms. The normalized spacial score (nSPS) is 10.1. The number of hydrogen-bond acceptors (Lipinski definition) is 3. The van der Waals surface area contributed by atoms with Crippen molar-refractivity contribution in [3.63, 3.8) is 0 Å². The molecule has 26 heavy (non-hydrogen) atoms. The number of carbonyl (C=O) groups is 3. The lowest BCUT2D eigenvalue weighted by molar-refractivity contribution is -0.121. The third-order valence-corrected chi connectivity index (χ3v) is 3.80. The molecule has 2 rings (SSSR count). The minimum Gasteiger partial charge on any atom is -0.355 e. The lowest BCUT2D eigenvalue weighted by atomic mass is 10.1. The van der Waals surface area contributed by atoms with Crippen LogP contribution in [0, 0.1) is 0 Å². The fourth-order valence-electron chi connectivity index (χ4n) is 2.43. The zero-order valence-corrected chi connectivity index (χ0v) is 15.0. The molecule has 0 bridgehead atoms. The second kappa shape index (κ2) is 9.36. The van der Waals surface area contributed by atoms with Crippen LogP contribution in [0.4, 0.5) is 5.69 Å². The molecule has 0 aliphatic carbocycles. The molecule has 0 fully saturated rings. The molecule has 0 heterocycles. The Kier molecular flexibility index (Phi) is 6.91. The second-order valence-electron chi connectivity index (χ2n) is 5.67. The number of likely N-dealkylation sites (N-methyl/N-ethyl adjacent to an activating group) is 2. The topological polar surface area (TPSA) is 78.5 Å². The Bertz CT molecular complexity index is 758. The van der Waals surface area contributed by atoms with Crippen molar-refractivity contribution in [2.24, 2.45) is 0 Å². The van der Waals surface area contributed by atoms with Crippen molar-refractivity contribution in [2.75, 3.05) is 25.0 Å². The number of rotatable bonds is 7. The highest BCUT2D eigenvalue weighted by Crippen LogP contribution is 2.13. The van der Waals surface area contributed by atoms with Gasteiger partial charge in [0.15, 0.2) is 0 Å². The van der Waals surface area contributed by atoms with Gasteiger partial charge < -0.3 is 15.5 Å². The smallest absolute Gasteiger partial charge is 0.255 e. The van der Waals surface area contributed by atoms with Gasteiger partial charge >= 0.3 is 0 Å². The van der Waals surface area contributed by atoms with Gasteiger partial charge in [-0.2, -0.15) is 0 Å². The Balaban J connectivity index is 2.02. The van der Waals surface area contributed by atoms with E-state index in [9.17, 15) is 14.4 Å². The Labute approximate surface area is 153 Å². The van der Waals surface area contributed by atoms with E-state index in [0.29, 0.717) is 29.9 Å². The summed E-state index contributed by atoms with van der Waals surface area (Å²) in [6, 6.07) is 15.5. The predicted molar refractivity (Wildman–Crippen MR) is 101 cm³/mol. The van der Waals surface area contributed by atoms with Crippen LogP contribution in [-0.4, -0.2) is 42.3 Å². The number of hydrogen-bond donors (Lipinski definition) is 2. The molecule has 6 heteroatoms. The number of amides is 3. The fourth-order valence-corrected chi connectivity index (χ4v) is 2.43. The average Bonchev–Trinajstić information content (AvgIpc) is 2.67. The van der Waals surface area contributed by atoms with Crippen molar-refractivity contribution in [1.29, 1.82) is 0 Å². The summed E-state index contributed by atoms with van der Waals surface area (Å²) < 4.78 is 0. The summed E-state index contributed by atoms with van der Waals surface area (Å²) in [5, 5.41) is 5.47. The first-order valence-electron chi connectivity index (χ1n) is 8.57. The van der Waals surface area contributed by atoms with Gasteiger partial charge in [0.2, 0.25) is 5.91 Å². The quantitative estimate of drug-likeness (QED) is 0.803. The first-order chi connectivity index (χ1) is 12.5. The first-order valence-corrected chi connectivity index (χ1v) is 8.57. The highest BCUT2D eigenvalue weighted by atomic mass is 16.2. The SMILES string of the molecule is CCNC(=O)CN(CC)C(=O)c1ccc(NC(=O)c2ccccc2)cc1. The maximum atomic E-state index is 12.5. The Morgan fingerprint density at radius 1 is 0.885 bits per heavy atom. The van der Waals surface area contributed by atoms with Gasteiger partial charge in [-0.3, -0.25) is 14.4 Å². The van der Waals surface area contributed by atoms with Gasteiger partial charge in [-0.15, -0.1) is 0 Å². The van der Waals surface area contributed by atoms with E-state index < -0.39 is 0 Å². The van der Waals surface area contributed by atoms with Crippen molar-refractivity contribution in [1.82, 2.24) is 10.2 Å². The third kappa shape index (κ3) is 5.17. The van der Waals surface area contributed by atoms with E-state index in [4.69, 9.17) is 0 Å². The molecule has 0 unspecified atom stereocenters. The van der Waals surface area contributed by atoms with Crippen LogP contribution in [0.2, 0.25) is 0 Å². The molecule has 6 nitrogen and oxygen atoms in total. The van der Waals surface area contributed by atoms with E-state index in [1.807, 2.05) is 19.9 Å². The van der Waals surface area contributed by atoms with Crippen molar-refractivity contribution in [3.8, 4) is 0 Å². The Morgan fingerprint density at radius 3 is 2.12 bits per heavy atom. The van der Waals surface area contributed by atoms with Gasteiger partial charge in [0, 0.05) is 29.9 Å². The Hall–Kier alpha value is -3.15. The molecule has 0 aromatic heterocycles. The summed E-state index contributed by atoms with van der Waals surface area (Å²) >= 11 is 0. The molecular weight excluding hydrogens is 330 g/mol. The molecule has 0 aliphatic heterocycles. The maximum Gasteiger partial charge on any atom is 0.255 e. The molecule has 2 N–H and O–H groups in total. The van der Waals surface area contributed by atoms with Crippen molar-refractivity contribution >= 4 is 23.4 Å². The van der Waals surface area contributed by atoms with E-state index >= 15 is 0 Å². The van der Waals surface area contributed by atoms with Gasteiger partial charge in [-0.25, -0.2) is 0 Å². The monoisotopic (exact) mass is 353 g/mol. The summed E-state index contributed by atoms with van der Waals surface area (Å²) in [4.78, 5) is 37.8. The van der Waals surface area contributed by atoms with Crippen LogP contribution in [0.1, 0.15) is 34.6 Å². The van der Waals surface area contributed by atoms with Gasteiger partial charge in [0.05, 0.1) is 6.54 Å². The first kappa shape index (κ1) is 19.2. The molecule has 0 radical (unpaired) electrons. The molecule has 0 atom stereocenters. The summed E-state index contributed by atoms with van der Waals surface area (Å²) in [5.74, 6) is -0.620. The summed E-state index contributed by atoms with van der Waals surface area (Å²) in [5.41, 5.74) is 1.63. The summed E-state index contributed by atoms with van der Waals surface area (Å²) in [6.45, 7) is 4.64. The zero-order chi connectivity index (χ0) is 18.9. The van der Waals surface area contributed by atoms with E-state index in [-0.39, 0.29) is 24.3 Å². The van der Waals surface area contributed by atoms with Gasteiger partial charge in [-0.05, 0) is 50.2 Å².